The number of anilines is 1. The summed E-state index contributed by atoms with van der Waals surface area (Å²) in [6, 6.07) is 16.7. The van der Waals surface area contributed by atoms with Crippen LogP contribution in [0.2, 0.25) is 0 Å². The molecule has 0 aliphatic carbocycles. The molecule has 202 valence electrons. The van der Waals surface area contributed by atoms with Gasteiger partial charge in [-0.2, -0.15) is 5.10 Å². The number of amides is 1. The summed E-state index contributed by atoms with van der Waals surface area (Å²) >= 11 is 0. The Kier molecular flexibility index (Phi) is 6.74. The summed E-state index contributed by atoms with van der Waals surface area (Å²) in [6.45, 7) is 1.93. The third-order valence-corrected chi connectivity index (χ3v) is 7.73. The summed E-state index contributed by atoms with van der Waals surface area (Å²) in [7, 11) is 0. The molecule has 11 heteroatoms. The number of likely N-dealkylation sites (tertiary alicyclic amines) is 2. The number of ether oxygens (including phenoxy) is 1. The standard InChI is InChI=1S/C28H30FN7O3/c29-22-16-35(19-10-13-34(14-11-19)28(37)38)15-12-23(22)36-27-24(26(30)31-17-32-27)25(33-36)18-6-8-21(9-7-18)39-20-4-2-1-3-5-20/h1-9,17,19,22-23H,10-16H2,(H,37,38)(H2,30,31,32)/t22-,23-/m0/s1. The molecule has 0 spiro atoms. The predicted molar refractivity (Wildman–Crippen MR) is 144 cm³/mol. The molecule has 0 saturated carbocycles. The molecule has 2 aliphatic heterocycles. The van der Waals surface area contributed by atoms with Gasteiger partial charge in [0.25, 0.3) is 0 Å². The highest BCUT2D eigenvalue weighted by molar-refractivity contribution is 5.98. The van der Waals surface area contributed by atoms with Crippen LogP contribution < -0.4 is 10.5 Å². The number of benzene rings is 2. The Morgan fingerprint density at radius 3 is 2.38 bits per heavy atom. The number of rotatable bonds is 5. The molecule has 10 nitrogen and oxygen atoms in total. The maximum absolute atomic E-state index is 15.7. The molecule has 2 atom stereocenters. The minimum Gasteiger partial charge on any atom is -0.465 e. The number of piperidine rings is 2. The summed E-state index contributed by atoms with van der Waals surface area (Å²) in [5.41, 5.74) is 8.20. The van der Waals surface area contributed by atoms with Crippen molar-refractivity contribution in [1.82, 2.24) is 29.5 Å². The summed E-state index contributed by atoms with van der Waals surface area (Å²) in [4.78, 5) is 23.4. The van der Waals surface area contributed by atoms with Crippen LogP contribution in [0.3, 0.4) is 0 Å². The van der Waals surface area contributed by atoms with Gasteiger partial charge < -0.3 is 20.5 Å². The highest BCUT2D eigenvalue weighted by Gasteiger charge is 2.37. The second-order valence-corrected chi connectivity index (χ2v) is 10.1. The molecule has 1 amide bonds. The maximum Gasteiger partial charge on any atom is 0.407 e. The Labute approximate surface area is 224 Å². The van der Waals surface area contributed by atoms with Crippen LogP contribution in [0.25, 0.3) is 22.3 Å². The number of carboxylic acid groups (broad SMARTS) is 1. The maximum atomic E-state index is 15.7. The van der Waals surface area contributed by atoms with Crippen LogP contribution in [-0.4, -0.2) is 79.1 Å². The number of alkyl halides is 1. The molecular weight excluding hydrogens is 501 g/mol. The van der Waals surface area contributed by atoms with E-state index in [4.69, 9.17) is 15.6 Å². The monoisotopic (exact) mass is 531 g/mol. The van der Waals surface area contributed by atoms with E-state index >= 15 is 4.39 Å². The molecule has 2 aliphatic rings. The van der Waals surface area contributed by atoms with Crippen LogP contribution >= 0.6 is 0 Å². The lowest BCUT2D eigenvalue weighted by molar-refractivity contribution is 0.0328. The first-order chi connectivity index (χ1) is 19.0. The van der Waals surface area contributed by atoms with Gasteiger partial charge in [-0.25, -0.2) is 23.8 Å². The van der Waals surface area contributed by atoms with Gasteiger partial charge in [0.2, 0.25) is 0 Å². The summed E-state index contributed by atoms with van der Waals surface area (Å²) in [5.74, 6) is 1.72. The zero-order chi connectivity index (χ0) is 26.9. The number of aromatic nitrogens is 4. The third kappa shape index (κ3) is 4.97. The normalized spacial score (nSPS) is 20.8. The van der Waals surface area contributed by atoms with E-state index in [1.165, 1.54) is 11.2 Å². The summed E-state index contributed by atoms with van der Waals surface area (Å²) < 4.78 is 23.3. The largest absolute Gasteiger partial charge is 0.465 e. The Bertz CT molecular complexity index is 1460. The molecule has 0 bridgehead atoms. The molecule has 0 radical (unpaired) electrons. The van der Waals surface area contributed by atoms with Crippen molar-refractivity contribution in [2.24, 2.45) is 0 Å². The predicted octanol–water partition coefficient (Wildman–Crippen LogP) is 4.60. The van der Waals surface area contributed by atoms with Crippen LogP contribution in [0.1, 0.15) is 25.3 Å². The number of nitrogens with two attached hydrogens (primary N) is 1. The number of hydrogen-bond donors (Lipinski definition) is 2. The molecular formula is C28H30FN7O3. The lowest BCUT2D eigenvalue weighted by Crippen LogP contribution is -2.52. The lowest BCUT2D eigenvalue weighted by Gasteiger charge is -2.42. The van der Waals surface area contributed by atoms with Gasteiger partial charge in [0.15, 0.2) is 5.65 Å². The topological polar surface area (TPSA) is 123 Å². The zero-order valence-electron chi connectivity index (χ0n) is 21.4. The van der Waals surface area contributed by atoms with Crippen LogP contribution in [-0.2, 0) is 0 Å². The second-order valence-electron chi connectivity index (χ2n) is 10.1. The molecule has 4 aromatic rings. The van der Waals surface area contributed by atoms with Gasteiger partial charge in [-0.05, 0) is 55.7 Å². The van der Waals surface area contributed by atoms with E-state index in [0.29, 0.717) is 67.2 Å². The third-order valence-electron chi connectivity index (χ3n) is 7.73. The fourth-order valence-electron chi connectivity index (χ4n) is 5.68. The lowest BCUT2D eigenvalue weighted by atomic mass is 9.97. The quantitative estimate of drug-likeness (QED) is 0.383. The molecule has 0 unspecified atom stereocenters. The molecule has 4 heterocycles. The molecule has 2 fully saturated rings. The second kappa shape index (κ2) is 10.5. The average Bonchev–Trinajstić information content (AvgIpc) is 3.35. The minimum atomic E-state index is -1.16. The zero-order valence-corrected chi connectivity index (χ0v) is 21.4. The molecule has 2 saturated heterocycles. The molecule has 39 heavy (non-hydrogen) atoms. The first-order valence-corrected chi connectivity index (χ1v) is 13.2. The SMILES string of the molecule is Nc1ncnc2c1c(-c1ccc(Oc3ccccc3)cc1)nn2[C@H]1CCN(C2CCN(C(=O)O)CC2)C[C@@H]1F. The van der Waals surface area contributed by atoms with E-state index in [2.05, 4.69) is 14.9 Å². The van der Waals surface area contributed by atoms with Crippen molar-refractivity contribution in [3.8, 4) is 22.8 Å². The Morgan fingerprint density at radius 1 is 0.974 bits per heavy atom. The molecule has 2 aromatic heterocycles. The van der Waals surface area contributed by atoms with E-state index in [1.807, 2.05) is 54.6 Å². The van der Waals surface area contributed by atoms with Crippen LogP contribution in [0, 0.1) is 0 Å². The van der Waals surface area contributed by atoms with E-state index in [1.54, 1.807) is 4.68 Å². The first kappa shape index (κ1) is 25.1. The fourth-order valence-corrected chi connectivity index (χ4v) is 5.68. The summed E-state index contributed by atoms with van der Waals surface area (Å²) in [6.07, 6.45) is 1.32. The van der Waals surface area contributed by atoms with E-state index in [9.17, 15) is 9.90 Å². The Hall–Kier alpha value is -4.25. The average molecular weight is 532 g/mol. The van der Waals surface area contributed by atoms with Crippen molar-refractivity contribution in [3.63, 3.8) is 0 Å². The van der Waals surface area contributed by atoms with Crippen molar-refractivity contribution in [2.45, 2.75) is 37.5 Å². The van der Waals surface area contributed by atoms with Crippen molar-refractivity contribution in [3.05, 3.63) is 60.9 Å². The molecule has 3 N–H and O–H groups in total. The van der Waals surface area contributed by atoms with Crippen molar-refractivity contribution < 1.29 is 19.0 Å². The van der Waals surface area contributed by atoms with Gasteiger partial charge in [-0.1, -0.05) is 18.2 Å². The van der Waals surface area contributed by atoms with Gasteiger partial charge >= 0.3 is 6.09 Å². The highest BCUT2D eigenvalue weighted by atomic mass is 19.1. The number of halogens is 1. The van der Waals surface area contributed by atoms with Crippen molar-refractivity contribution >= 4 is 22.9 Å². The molecule has 2 aromatic carbocycles. The van der Waals surface area contributed by atoms with Gasteiger partial charge in [0.1, 0.15) is 35.5 Å². The fraction of sp³-hybridized carbons (Fsp3) is 0.357. The van der Waals surface area contributed by atoms with Gasteiger partial charge in [-0.15, -0.1) is 0 Å². The minimum absolute atomic E-state index is 0.180. The van der Waals surface area contributed by atoms with E-state index in [-0.39, 0.29) is 12.6 Å². The summed E-state index contributed by atoms with van der Waals surface area (Å²) in [5, 5.41) is 14.7. The van der Waals surface area contributed by atoms with E-state index < -0.39 is 18.3 Å². The van der Waals surface area contributed by atoms with Crippen LogP contribution in [0.15, 0.2) is 60.9 Å². The Morgan fingerprint density at radius 2 is 1.69 bits per heavy atom. The number of para-hydroxylation sites is 1. The van der Waals surface area contributed by atoms with Crippen LogP contribution in [0.4, 0.5) is 15.0 Å². The number of fused-ring (bicyclic) bond motifs is 1. The van der Waals surface area contributed by atoms with Gasteiger partial charge in [0.05, 0.1) is 11.4 Å². The van der Waals surface area contributed by atoms with E-state index in [0.717, 1.165) is 11.3 Å². The van der Waals surface area contributed by atoms with Crippen molar-refractivity contribution in [2.75, 3.05) is 31.9 Å². The highest BCUT2D eigenvalue weighted by Crippen LogP contribution is 2.36. The molecule has 6 rings (SSSR count). The van der Waals surface area contributed by atoms with Gasteiger partial charge in [-0.3, -0.25) is 4.90 Å². The number of nitrogen functional groups attached to an aromatic ring is 1. The van der Waals surface area contributed by atoms with Gasteiger partial charge in [0, 0.05) is 37.8 Å². The Balaban J connectivity index is 1.23. The first-order valence-electron chi connectivity index (χ1n) is 13.2. The van der Waals surface area contributed by atoms with Crippen LogP contribution in [0.5, 0.6) is 11.5 Å². The number of carbonyl (C=O) groups is 1. The number of nitrogens with zero attached hydrogens (tertiary/aromatic N) is 6. The van der Waals surface area contributed by atoms with Crippen molar-refractivity contribution in [1.29, 1.82) is 0 Å². The smallest absolute Gasteiger partial charge is 0.407 e. The number of hydrogen-bond acceptors (Lipinski definition) is 7.